The summed E-state index contributed by atoms with van der Waals surface area (Å²) < 4.78 is 2.00. The number of rotatable bonds is 4. The maximum absolute atomic E-state index is 12.3. The maximum Gasteiger partial charge on any atom is 0.349 e. The molecule has 8 nitrogen and oxygen atoms in total. The van der Waals surface area contributed by atoms with Crippen LogP contribution in [0.15, 0.2) is 21.7 Å². The zero-order chi connectivity index (χ0) is 19.8. The van der Waals surface area contributed by atoms with E-state index in [-0.39, 0.29) is 5.69 Å². The van der Waals surface area contributed by atoms with E-state index in [0.717, 1.165) is 54.3 Å². The number of likely N-dealkylation sites (tertiary alicyclic amines) is 1. The molecule has 8 heteroatoms. The van der Waals surface area contributed by atoms with Crippen LogP contribution in [0.2, 0.25) is 0 Å². The van der Waals surface area contributed by atoms with Crippen LogP contribution in [-0.4, -0.2) is 45.7 Å². The van der Waals surface area contributed by atoms with Crippen molar-refractivity contribution in [1.82, 2.24) is 19.5 Å². The van der Waals surface area contributed by atoms with Crippen LogP contribution in [0.3, 0.4) is 0 Å². The van der Waals surface area contributed by atoms with Crippen molar-refractivity contribution >= 4 is 11.0 Å². The Hall–Kier alpha value is -2.58. The average molecular weight is 384 g/mol. The van der Waals surface area contributed by atoms with Gasteiger partial charge in [0.25, 0.3) is 5.56 Å². The van der Waals surface area contributed by atoms with Crippen molar-refractivity contribution in [2.45, 2.75) is 33.2 Å². The van der Waals surface area contributed by atoms with E-state index in [2.05, 4.69) is 33.7 Å². The Balaban J connectivity index is 1.77. The minimum Gasteiger partial charge on any atom is -0.357 e. The number of benzene rings is 1. The topological polar surface area (TPSA) is 113 Å². The second kappa shape index (κ2) is 7.44. The fourth-order valence-electron chi connectivity index (χ4n) is 4.17. The number of piperidine rings is 1. The summed E-state index contributed by atoms with van der Waals surface area (Å²) in [7, 11) is 0. The Bertz CT molecular complexity index is 1090. The molecule has 0 aliphatic carbocycles. The van der Waals surface area contributed by atoms with E-state index in [1.165, 1.54) is 12.8 Å². The standard InChI is InChI=1S/C20H26N6O2/c1-12-9-15-16(10-13(12)2)26(8-7-25-5-3-14(11-21)4-6-25)18-17(22-15)19(27)24-20(28)23-18/h9-10,14H,3-8,11,21H2,1-2H3,(H,24,27,28)/p+2. The van der Waals surface area contributed by atoms with Gasteiger partial charge in [0.15, 0.2) is 11.5 Å². The lowest BCUT2D eigenvalue weighted by Gasteiger charge is -2.28. The van der Waals surface area contributed by atoms with Crippen LogP contribution in [0.5, 0.6) is 0 Å². The smallest absolute Gasteiger partial charge is 0.349 e. The molecule has 148 valence electrons. The molecule has 0 spiro atoms. The summed E-state index contributed by atoms with van der Waals surface area (Å²) in [6, 6.07) is 4.08. The van der Waals surface area contributed by atoms with Crippen LogP contribution in [0, 0.1) is 19.8 Å². The number of H-pyrrole nitrogens is 1. The second-order valence-corrected chi connectivity index (χ2v) is 7.96. The van der Waals surface area contributed by atoms with E-state index in [1.54, 1.807) is 4.90 Å². The number of aromatic nitrogens is 4. The van der Waals surface area contributed by atoms with Crippen LogP contribution >= 0.6 is 0 Å². The Morgan fingerprint density at radius 2 is 1.89 bits per heavy atom. The molecule has 0 radical (unpaired) electrons. The van der Waals surface area contributed by atoms with Gasteiger partial charge in [0, 0.05) is 18.8 Å². The largest absolute Gasteiger partial charge is 0.357 e. The molecular weight excluding hydrogens is 356 g/mol. The van der Waals surface area contributed by atoms with Crippen molar-refractivity contribution in [1.29, 1.82) is 0 Å². The summed E-state index contributed by atoms with van der Waals surface area (Å²) in [5.41, 5.74) is 7.10. The number of quaternary nitrogens is 2. The van der Waals surface area contributed by atoms with Gasteiger partial charge in [-0.15, -0.1) is 0 Å². The van der Waals surface area contributed by atoms with Gasteiger partial charge in [-0.3, -0.25) is 9.78 Å². The lowest BCUT2D eigenvalue weighted by Crippen LogP contribution is -3.13. The van der Waals surface area contributed by atoms with Gasteiger partial charge in [-0.1, -0.05) is 0 Å². The molecule has 1 aromatic carbocycles. The van der Waals surface area contributed by atoms with Gasteiger partial charge in [0.1, 0.15) is 0 Å². The van der Waals surface area contributed by atoms with Gasteiger partial charge in [0.05, 0.1) is 43.8 Å². The first-order chi connectivity index (χ1) is 13.5. The molecule has 28 heavy (non-hydrogen) atoms. The summed E-state index contributed by atoms with van der Waals surface area (Å²) in [6.07, 6.45) is 2.42. The monoisotopic (exact) mass is 384 g/mol. The molecule has 4 rings (SSSR count). The lowest BCUT2D eigenvalue weighted by molar-refractivity contribution is -0.907. The Labute approximate surface area is 162 Å². The lowest BCUT2D eigenvalue weighted by atomic mass is 9.97. The van der Waals surface area contributed by atoms with Gasteiger partial charge in [-0.2, -0.15) is 4.98 Å². The third-order valence-corrected chi connectivity index (χ3v) is 6.13. The first-order valence-corrected chi connectivity index (χ1v) is 10.0. The Morgan fingerprint density at radius 3 is 2.61 bits per heavy atom. The summed E-state index contributed by atoms with van der Waals surface area (Å²) >= 11 is 0. The zero-order valence-corrected chi connectivity index (χ0v) is 16.5. The second-order valence-electron chi connectivity index (χ2n) is 7.96. The average Bonchev–Trinajstić information content (AvgIpc) is 2.67. The first-order valence-electron chi connectivity index (χ1n) is 10.0. The highest BCUT2D eigenvalue weighted by Crippen LogP contribution is 2.23. The third-order valence-electron chi connectivity index (χ3n) is 6.13. The molecule has 5 N–H and O–H groups in total. The van der Waals surface area contributed by atoms with E-state index in [4.69, 9.17) is 0 Å². The van der Waals surface area contributed by atoms with Crippen molar-refractivity contribution in [3.8, 4) is 11.5 Å². The van der Waals surface area contributed by atoms with Crippen molar-refractivity contribution in [3.05, 3.63) is 44.1 Å². The minimum atomic E-state index is -0.625. The quantitative estimate of drug-likeness (QED) is 0.487. The molecule has 0 saturated carbocycles. The van der Waals surface area contributed by atoms with Gasteiger partial charge >= 0.3 is 5.69 Å². The van der Waals surface area contributed by atoms with Crippen LogP contribution < -0.4 is 21.9 Å². The molecule has 0 atom stereocenters. The molecule has 3 aliphatic rings. The fourth-order valence-corrected chi connectivity index (χ4v) is 4.17. The van der Waals surface area contributed by atoms with Crippen molar-refractivity contribution in [2.24, 2.45) is 5.92 Å². The number of hydrogen-bond donors (Lipinski definition) is 3. The van der Waals surface area contributed by atoms with E-state index in [0.29, 0.717) is 12.4 Å². The highest BCUT2D eigenvalue weighted by Gasteiger charge is 2.24. The highest BCUT2D eigenvalue weighted by molar-refractivity contribution is 5.81. The van der Waals surface area contributed by atoms with Crippen LogP contribution in [0.1, 0.15) is 24.0 Å². The minimum absolute atomic E-state index is 0.223. The normalized spacial score (nSPS) is 20.1. The predicted molar refractivity (Wildman–Crippen MR) is 107 cm³/mol. The molecule has 1 aromatic rings. The highest BCUT2D eigenvalue weighted by atomic mass is 16.2. The molecule has 0 aromatic heterocycles. The van der Waals surface area contributed by atoms with Crippen LogP contribution in [0.4, 0.5) is 0 Å². The summed E-state index contributed by atoms with van der Waals surface area (Å²) in [5, 5.41) is 0. The van der Waals surface area contributed by atoms with Gasteiger partial charge in [0.2, 0.25) is 0 Å². The third kappa shape index (κ3) is 3.45. The van der Waals surface area contributed by atoms with E-state index in [1.807, 2.05) is 17.6 Å². The fraction of sp³-hybridized carbons (Fsp3) is 0.500. The van der Waals surface area contributed by atoms with Crippen molar-refractivity contribution < 1.29 is 10.6 Å². The molecule has 1 fully saturated rings. The summed E-state index contributed by atoms with van der Waals surface area (Å²) in [6.45, 7) is 9.00. The van der Waals surface area contributed by atoms with E-state index >= 15 is 0 Å². The number of aryl methyl sites for hydroxylation is 2. The Kier molecular flexibility index (Phi) is 4.99. The first kappa shape index (κ1) is 18.8. The molecule has 3 heterocycles. The van der Waals surface area contributed by atoms with Gasteiger partial charge in [-0.05, 0) is 37.1 Å². The SMILES string of the molecule is Cc1cc2nc3c(=O)[nH]c(=O)nc-3n(CC[NH+]3CCC(C[NH3+])CC3)c2cc1C. The molecule has 0 unspecified atom stereocenters. The maximum atomic E-state index is 12.3. The van der Waals surface area contributed by atoms with E-state index in [9.17, 15) is 9.59 Å². The summed E-state index contributed by atoms with van der Waals surface area (Å²) in [5.74, 6) is 1.12. The van der Waals surface area contributed by atoms with Gasteiger partial charge < -0.3 is 15.2 Å². The number of fused-ring (bicyclic) bond motifs is 2. The number of aromatic amines is 1. The number of nitrogens with zero attached hydrogens (tertiary/aromatic N) is 3. The molecule has 1 saturated heterocycles. The predicted octanol–water partition coefficient (Wildman–Crippen LogP) is -1.26. The summed E-state index contributed by atoms with van der Waals surface area (Å²) in [4.78, 5) is 36.6. The van der Waals surface area contributed by atoms with Gasteiger partial charge in [-0.25, -0.2) is 9.78 Å². The zero-order valence-electron chi connectivity index (χ0n) is 16.5. The molecule has 0 amide bonds. The number of nitrogens with one attached hydrogen (secondary N) is 2. The molecular formula is C20H28N6O2+2. The molecule has 3 aliphatic heterocycles. The van der Waals surface area contributed by atoms with Crippen LogP contribution in [0.25, 0.3) is 22.6 Å². The van der Waals surface area contributed by atoms with Crippen LogP contribution in [-0.2, 0) is 6.54 Å². The Morgan fingerprint density at radius 1 is 1.18 bits per heavy atom. The van der Waals surface area contributed by atoms with Crippen molar-refractivity contribution in [3.63, 3.8) is 0 Å². The van der Waals surface area contributed by atoms with E-state index < -0.39 is 11.2 Å². The number of hydrogen-bond acceptors (Lipinski definition) is 4. The molecule has 0 bridgehead atoms. The van der Waals surface area contributed by atoms with Crippen molar-refractivity contribution in [2.75, 3.05) is 26.2 Å².